The Morgan fingerprint density at radius 1 is 1.23 bits per heavy atom. The molecule has 0 spiro atoms. The summed E-state index contributed by atoms with van der Waals surface area (Å²) in [5.74, 6) is -0.245. The fourth-order valence-corrected chi connectivity index (χ4v) is 3.34. The van der Waals surface area contributed by atoms with Crippen molar-refractivity contribution >= 4 is 28.3 Å². The van der Waals surface area contributed by atoms with Gasteiger partial charge in [-0.25, -0.2) is 13.1 Å². The molecule has 26 heavy (non-hydrogen) atoms. The van der Waals surface area contributed by atoms with Crippen molar-refractivity contribution in [2.24, 2.45) is 7.05 Å². The van der Waals surface area contributed by atoms with Crippen molar-refractivity contribution in [2.75, 3.05) is 20.1 Å². The summed E-state index contributed by atoms with van der Waals surface area (Å²) in [4.78, 5) is 12.4. The average molecular weight is 402 g/mol. The zero-order valence-corrected chi connectivity index (χ0v) is 16.5. The van der Waals surface area contributed by atoms with Crippen molar-refractivity contribution in [3.05, 3.63) is 47.8 Å². The number of nitrogens with zero attached hydrogens (tertiary/aromatic N) is 2. The zero-order valence-electron chi connectivity index (χ0n) is 14.9. The minimum atomic E-state index is -3.58. The van der Waals surface area contributed by atoms with Gasteiger partial charge in [-0.1, -0.05) is 17.7 Å². The molecule has 144 valence electrons. The number of rotatable bonds is 8. The van der Waals surface area contributed by atoms with Crippen LogP contribution in [-0.4, -0.2) is 44.2 Å². The topological polar surface area (TPSA) is 105 Å². The second kappa shape index (κ2) is 9.67. The fourth-order valence-electron chi connectivity index (χ4n) is 2.31. The first-order chi connectivity index (χ1) is 11.8. The lowest BCUT2D eigenvalue weighted by Gasteiger charge is -2.14. The summed E-state index contributed by atoms with van der Waals surface area (Å²) < 4.78 is 28.4. The highest BCUT2D eigenvalue weighted by molar-refractivity contribution is 7.89. The molecule has 0 aliphatic heterocycles. The van der Waals surface area contributed by atoms with Gasteiger partial charge in [0.25, 0.3) is 0 Å². The van der Waals surface area contributed by atoms with E-state index in [1.54, 1.807) is 55.4 Å². The second-order valence-electron chi connectivity index (χ2n) is 5.67. The van der Waals surface area contributed by atoms with Crippen LogP contribution in [-0.2, 0) is 21.9 Å². The standard InChI is InChI=1S/C16H23N5O3S.ClH/c1-12-4-6-14(7-5-12)25(23,24)20-9-8-18-16(22)15(17-2)13-10-19-21(3)11-13;/h4-7,10-11,15,17,20H,8-9H2,1-3H3,(H,18,22);1H. The van der Waals surface area contributed by atoms with Crippen molar-refractivity contribution in [2.45, 2.75) is 17.9 Å². The number of halogens is 1. The SMILES string of the molecule is CNC(C(=O)NCCNS(=O)(=O)c1ccc(C)cc1)c1cnn(C)c1.Cl. The molecule has 2 aromatic rings. The lowest BCUT2D eigenvalue weighted by Crippen LogP contribution is -2.40. The van der Waals surface area contributed by atoms with Gasteiger partial charge >= 0.3 is 0 Å². The molecule has 1 unspecified atom stereocenters. The predicted molar refractivity (Wildman–Crippen MR) is 102 cm³/mol. The van der Waals surface area contributed by atoms with Gasteiger partial charge in [0.05, 0.1) is 11.1 Å². The summed E-state index contributed by atoms with van der Waals surface area (Å²) >= 11 is 0. The number of hydrogen-bond donors (Lipinski definition) is 3. The van der Waals surface area contributed by atoms with Crippen LogP contribution in [0.25, 0.3) is 0 Å². The molecule has 2 rings (SSSR count). The molecule has 1 heterocycles. The van der Waals surface area contributed by atoms with E-state index in [9.17, 15) is 13.2 Å². The quantitative estimate of drug-likeness (QED) is 0.559. The minimum absolute atomic E-state index is 0. The molecule has 0 aliphatic rings. The normalized spacial score (nSPS) is 12.3. The van der Waals surface area contributed by atoms with Crippen LogP contribution in [0.1, 0.15) is 17.2 Å². The third-order valence-electron chi connectivity index (χ3n) is 3.66. The van der Waals surface area contributed by atoms with Crippen molar-refractivity contribution in [1.29, 1.82) is 0 Å². The summed E-state index contributed by atoms with van der Waals surface area (Å²) in [5, 5.41) is 9.67. The van der Waals surface area contributed by atoms with Crippen LogP contribution in [0, 0.1) is 6.92 Å². The van der Waals surface area contributed by atoms with Crippen LogP contribution in [0.3, 0.4) is 0 Å². The molecule has 1 aromatic heterocycles. The molecular weight excluding hydrogens is 378 g/mol. The van der Waals surface area contributed by atoms with E-state index in [2.05, 4.69) is 20.5 Å². The molecule has 3 N–H and O–H groups in total. The first kappa shape index (κ1) is 22.1. The Kier molecular flexibility index (Phi) is 8.22. The highest BCUT2D eigenvalue weighted by Crippen LogP contribution is 2.11. The largest absolute Gasteiger partial charge is 0.353 e. The van der Waals surface area contributed by atoms with Gasteiger partial charge in [0.2, 0.25) is 15.9 Å². The first-order valence-electron chi connectivity index (χ1n) is 7.83. The van der Waals surface area contributed by atoms with Gasteiger partial charge in [0.15, 0.2) is 0 Å². The minimum Gasteiger partial charge on any atom is -0.353 e. The van der Waals surface area contributed by atoms with E-state index in [1.165, 1.54) is 0 Å². The Balaban J connectivity index is 0.00000338. The highest BCUT2D eigenvalue weighted by atomic mass is 35.5. The third kappa shape index (κ3) is 5.80. The number of hydrogen-bond acceptors (Lipinski definition) is 5. The number of carbonyl (C=O) groups is 1. The van der Waals surface area contributed by atoms with Crippen molar-refractivity contribution in [1.82, 2.24) is 25.1 Å². The van der Waals surface area contributed by atoms with E-state index in [0.717, 1.165) is 11.1 Å². The molecule has 8 nitrogen and oxygen atoms in total. The van der Waals surface area contributed by atoms with Crippen molar-refractivity contribution < 1.29 is 13.2 Å². The number of amides is 1. The number of likely N-dealkylation sites (N-methyl/N-ethyl adjacent to an activating group) is 1. The van der Waals surface area contributed by atoms with Gasteiger partial charge in [-0.3, -0.25) is 9.48 Å². The zero-order chi connectivity index (χ0) is 18.4. The number of aryl methyl sites for hydroxylation is 2. The van der Waals surface area contributed by atoms with Crippen molar-refractivity contribution in [3.63, 3.8) is 0 Å². The first-order valence-corrected chi connectivity index (χ1v) is 9.31. The maximum atomic E-state index is 12.2. The molecule has 0 fully saturated rings. The van der Waals surface area contributed by atoms with E-state index in [1.807, 2.05) is 6.92 Å². The number of benzene rings is 1. The van der Waals surface area contributed by atoms with E-state index in [0.29, 0.717) is 0 Å². The predicted octanol–water partition coefficient (Wildman–Crippen LogP) is 0.506. The summed E-state index contributed by atoms with van der Waals surface area (Å²) in [6, 6.07) is 6.04. The molecule has 1 aromatic carbocycles. The van der Waals surface area contributed by atoms with Crippen LogP contribution in [0.15, 0.2) is 41.6 Å². The molecule has 0 bridgehead atoms. The van der Waals surface area contributed by atoms with Gasteiger partial charge < -0.3 is 10.6 Å². The molecule has 1 atom stereocenters. The Morgan fingerprint density at radius 3 is 2.42 bits per heavy atom. The molecule has 1 amide bonds. The average Bonchev–Trinajstić information content (AvgIpc) is 2.99. The van der Waals surface area contributed by atoms with Gasteiger partial charge in [-0.2, -0.15) is 5.10 Å². The number of carbonyl (C=O) groups excluding carboxylic acids is 1. The second-order valence-corrected chi connectivity index (χ2v) is 7.44. The summed E-state index contributed by atoms with van der Waals surface area (Å²) in [7, 11) is -0.130. The van der Waals surface area contributed by atoms with Crippen molar-refractivity contribution in [3.8, 4) is 0 Å². The van der Waals surface area contributed by atoms with E-state index < -0.39 is 16.1 Å². The van der Waals surface area contributed by atoms with Gasteiger partial charge in [-0.05, 0) is 26.1 Å². The van der Waals surface area contributed by atoms with Gasteiger partial charge in [-0.15, -0.1) is 12.4 Å². The Hall–Kier alpha value is -1.94. The maximum absolute atomic E-state index is 12.2. The number of sulfonamides is 1. The molecule has 0 radical (unpaired) electrons. The molecule has 10 heteroatoms. The maximum Gasteiger partial charge on any atom is 0.241 e. The number of nitrogens with one attached hydrogen (secondary N) is 3. The van der Waals surface area contributed by atoms with Crippen LogP contribution in [0.2, 0.25) is 0 Å². The lowest BCUT2D eigenvalue weighted by molar-refractivity contribution is -0.123. The molecule has 0 aliphatic carbocycles. The molecule has 0 saturated carbocycles. The smallest absolute Gasteiger partial charge is 0.241 e. The van der Waals surface area contributed by atoms with Crippen LogP contribution >= 0.6 is 12.4 Å². The van der Waals surface area contributed by atoms with Gasteiger partial charge in [0.1, 0.15) is 6.04 Å². The fraction of sp³-hybridized carbons (Fsp3) is 0.375. The third-order valence-corrected chi connectivity index (χ3v) is 5.13. The summed E-state index contributed by atoms with van der Waals surface area (Å²) in [5.41, 5.74) is 1.72. The van der Waals surface area contributed by atoms with E-state index in [-0.39, 0.29) is 36.3 Å². The Bertz CT molecular complexity index is 821. The summed E-state index contributed by atoms with van der Waals surface area (Å²) in [6.07, 6.45) is 3.36. The Morgan fingerprint density at radius 2 is 1.88 bits per heavy atom. The Labute approximate surface area is 159 Å². The highest BCUT2D eigenvalue weighted by Gasteiger charge is 2.20. The monoisotopic (exact) mass is 401 g/mol. The van der Waals surface area contributed by atoms with Crippen LogP contribution in [0.4, 0.5) is 0 Å². The van der Waals surface area contributed by atoms with Crippen LogP contribution in [0.5, 0.6) is 0 Å². The van der Waals surface area contributed by atoms with Gasteiger partial charge in [0, 0.05) is 31.9 Å². The van der Waals surface area contributed by atoms with Crippen LogP contribution < -0.4 is 15.4 Å². The molecular formula is C16H24ClN5O3S. The number of aromatic nitrogens is 2. The van der Waals surface area contributed by atoms with E-state index in [4.69, 9.17) is 0 Å². The lowest BCUT2D eigenvalue weighted by atomic mass is 10.1. The molecule has 0 saturated heterocycles. The summed E-state index contributed by atoms with van der Waals surface area (Å²) in [6.45, 7) is 2.17. The van der Waals surface area contributed by atoms with E-state index >= 15 is 0 Å².